The zero-order chi connectivity index (χ0) is 16.2. The molecule has 1 aliphatic rings. The predicted molar refractivity (Wildman–Crippen MR) is 85.5 cm³/mol. The van der Waals surface area contributed by atoms with Gasteiger partial charge in [-0.05, 0) is 17.5 Å². The molecule has 1 unspecified atom stereocenters. The topological polar surface area (TPSA) is 56.9 Å². The molecule has 1 fully saturated rings. The third-order valence-corrected chi connectivity index (χ3v) is 4.32. The number of hydrogen-bond acceptors (Lipinski definition) is 4. The van der Waals surface area contributed by atoms with Gasteiger partial charge in [0.15, 0.2) is 0 Å². The smallest absolute Gasteiger partial charge is 0.223 e. The Balaban J connectivity index is 1.71. The van der Waals surface area contributed by atoms with E-state index in [-0.39, 0.29) is 17.4 Å². The first-order valence-corrected chi connectivity index (χ1v) is 8.07. The Morgan fingerprint density at radius 3 is 2.55 bits per heavy atom. The van der Waals surface area contributed by atoms with Crippen LogP contribution in [0, 0.1) is 5.41 Å². The Morgan fingerprint density at radius 2 is 2.00 bits per heavy atom. The zero-order valence-electron chi connectivity index (χ0n) is 13.9. The van der Waals surface area contributed by atoms with Crippen LogP contribution in [-0.4, -0.2) is 59.6 Å². The van der Waals surface area contributed by atoms with Gasteiger partial charge < -0.3 is 14.4 Å². The minimum atomic E-state index is -0.339. The summed E-state index contributed by atoms with van der Waals surface area (Å²) < 4.78 is 5.26. The van der Waals surface area contributed by atoms with Crippen molar-refractivity contribution in [2.24, 2.45) is 5.41 Å². The number of carbonyl (C=O) groups excluding carboxylic acids is 1. The van der Waals surface area contributed by atoms with Crippen LogP contribution < -0.4 is 0 Å². The molecule has 0 spiro atoms. The van der Waals surface area contributed by atoms with Crippen molar-refractivity contribution >= 4 is 5.91 Å². The first-order chi connectivity index (χ1) is 10.4. The van der Waals surface area contributed by atoms with Crippen LogP contribution >= 0.6 is 0 Å². The summed E-state index contributed by atoms with van der Waals surface area (Å²) in [6, 6.07) is 3.75. The van der Waals surface area contributed by atoms with Gasteiger partial charge >= 0.3 is 0 Å². The van der Waals surface area contributed by atoms with E-state index in [1.54, 1.807) is 6.26 Å². The molecular weight excluding hydrogens is 280 g/mol. The lowest BCUT2D eigenvalue weighted by molar-refractivity contribution is -0.133. The number of rotatable bonds is 5. The van der Waals surface area contributed by atoms with Crippen LogP contribution in [0.1, 0.15) is 33.0 Å². The van der Waals surface area contributed by atoms with Gasteiger partial charge in [-0.1, -0.05) is 20.8 Å². The summed E-state index contributed by atoms with van der Waals surface area (Å²) in [6.45, 7) is 9.98. The quantitative estimate of drug-likeness (QED) is 0.900. The lowest BCUT2D eigenvalue weighted by Crippen LogP contribution is -2.51. The van der Waals surface area contributed by atoms with Gasteiger partial charge in [0.2, 0.25) is 5.91 Å². The Labute approximate surface area is 132 Å². The number of aliphatic hydroxyl groups is 1. The van der Waals surface area contributed by atoms with E-state index in [2.05, 4.69) is 4.90 Å². The number of carbonyl (C=O) groups is 1. The number of aliphatic hydroxyl groups excluding tert-OH is 1. The molecule has 1 aromatic rings. The standard InChI is InChI=1S/C17H28N2O3/c1-17(2,3)15(20)13-18-8-10-19(11-9-18)16(21)7-6-14-5-4-12-22-14/h4-5,12,15,20H,6-11,13H2,1-3H3. The van der Waals surface area contributed by atoms with Gasteiger partial charge in [-0.2, -0.15) is 0 Å². The predicted octanol–water partition coefficient (Wildman–Crippen LogP) is 1.76. The first kappa shape index (κ1) is 17.0. The number of hydrogen-bond donors (Lipinski definition) is 1. The van der Waals surface area contributed by atoms with Crippen LogP contribution in [0.5, 0.6) is 0 Å². The second-order valence-corrected chi connectivity index (χ2v) is 7.14. The first-order valence-electron chi connectivity index (χ1n) is 8.07. The Bertz CT molecular complexity index is 457. The molecule has 0 radical (unpaired) electrons. The second kappa shape index (κ2) is 7.29. The SMILES string of the molecule is CC(C)(C)C(O)CN1CCN(C(=O)CCc2ccco2)CC1. The van der Waals surface area contributed by atoms with Gasteiger partial charge in [0.05, 0.1) is 12.4 Å². The molecular formula is C17H28N2O3. The van der Waals surface area contributed by atoms with E-state index in [4.69, 9.17) is 4.42 Å². The summed E-state index contributed by atoms with van der Waals surface area (Å²) in [5.41, 5.74) is -0.101. The molecule has 1 atom stereocenters. The molecule has 1 aliphatic heterocycles. The highest BCUT2D eigenvalue weighted by Crippen LogP contribution is 2.20. The van der Waals surface area contributed by atoms with Gasteiger partial charge in [0.1, 0.15) is 5.76 Å². The Hall–Kier alpha value is -1.33. The molecule has 0 aromatic carbocycles. The highest BCUT2D eigenvalue weighted by atomic mass is 16.3. The van der Waals surface area contributed by atoms with Crippen molar-refractivity contribution in [2.75, 3.05) is 32.7 Å². The van der Waals surface area contributed by atoms with Gasteiger partial charge in [-0.25, -0.2) is 0 Å². The van der Waals surface area contributed by atoms with E-state index in [9.17, 15) is 9.90 Å². The normalized spacial score (nSPS) is 18.5. The third-order valence-electron chi connectivity index (χ3n) is 4.32. The van der Waals surface area contributed by atoms with Crippen molar-refractivity contribution in [1.82, 2.24) is 9.80 Å². The number of aryl methyl sites for hydroxylation is 1. The van der Waals surface area contributed by atoms with Gasteiger partial charge in [0, 0.05) is 45.6 Å². The minimum Gasteiger partial charge on any atom is -0.469 e. The maximum absolute atomic E-state index is 12.2. The van der Waals surface area contributed by atoms with E-state index in [0.717, 1.165) is 31.9 Å². The second-order valence-electron chi connectivity index (χ2n) is 7.14. The van der Waals surface area contributed by atoms with Crippen LogP contribution in [0.3, 0.4) is 0 Å². The largest absolute Gasteiger partial charge is 0.469 e. The summed E-state index contributed by atoms with van der Waals surface area (Å²) in [5, 5.41) is 10.2. The Morgan fingerprint density at radius 1 is 1.32 bits per heavy atom. The number of furan rings is 1. The van der Waals surface area contributed by atoms with Crippen molar-refractivity contribution in [3.8, 4) is 0 Å². The van der Waals surface area contributed by atoms with E-state index < -0.39 is 0 Å². The van der Waals surface area contributed by atoms with Crippen LogP contribution in [-0.2, 0) is 11.2 Å². The highest BCUT2D eigenvalue weighted by molar-refractivity contribution is 5.76. The number of nitrogens with zero attached hydrogens (tertiary/aromatic N) is 2. The summed E-state index contributed by atoms with van der Waals surface area (Å²) in [7, 11) is 0. The maximum Gasteiger partial charge on any atom is 0.223 e. The van der Waals surface area contributed by atoms with E-state index in [1.807, 2.05) is 37.8 Å². The molecule has 1 saturated heterocycles. The van der Waals surface area contributed by atoms with Gasteiger partial charge in [-0.3, -0.25) is 9.69 Å². The summed E-state index contributed by atoms with van der Waals surface area (Å²) >= 11 is 0. The van der Waals surface area contributed by atoms with Crippen LogP contribution in [0.2, 0.25) is 0 Å². The molecule has 22 heavy (non-hydrogen) atoms. The van der Waals surface area contributed by atoms with Crippen LogP contribution in [0.15, 0.2) is 22.8 Å². The minimum absolute atomic E-state index is 0.101. The molecule has 1 amide bonds. The highest BCUT2D eigenvalue weighted by Gasteiger charge is 2.27. The van der Waals surface area contributed by atoms with Gasteiger partial charge in [0.25, 0.3) is 0 Å². The third kappa shape index (κ3) is 4.85. The summed E-state index contributed by atoms with van der Waals surface area (Å²) in [6.07, 6.45) is 2.46. The average molecular weight is 308 g/mol. The molecule has 2 rings (SSSR count). The molecule has 2 heterocycles. The molecule has 5 heteroatoms. The molecule has 1 aromatic heterocycles. The number of β-amino-alcohol motifs (C(OH)–C–C–N with tert-alkyl or cyclic N) is 1. The van der Waals surface area contributed by atoms with Gasteiger partial charge in [-0.15, -0.1) is 0 Å². The lowest BCUT2D eigenvalue weighted by Gasteiger charge is -2.38. The fourth-order valence-electron chi connectivity index (χ4n) is 2.54. The van der Waals surface area contributed by atoms with Crippen LogP contribution in [0.4, 0.5) is 0 Å². The van der Waals surface area contributed by atoms with Crippen LogP contribution in [0.25, 0.3) is 0 Å². The molecule has 0 saturated carbocycles. The zero-order valence-corrected chi connectivity index (χ0v) is 13.9. The fourth-order valence-corrected chi connectivity index (χ4v) is 2.54. The van der Waals surface area contributed by atoms with Crippen molar-refractivity contribution in [1.29, 1.82) is 0 Å². The summed E-state index contributed by atoms with van der Waals surface area (Å²) in [4.78, 5) is 16.4. The maximum atomic E-state index is 12.2. The average Bonchev–Trinajstić information content (AvgIpc) is 2.98. The summed E-state index contributed by atoms with van der Waals surface area (Å²) in [5.74, 6) is 1.05. The van der Waals surface area contributed by atoms with Crippen molar-refractivity contribution in [3.05, 3.63) is 24.2 Å². The van der Waals surface area contributed by atoms with Crippen molar-refractivity contribution < 1.29 is 14.3 Å². The molecule has 0 bridgehead atoms. The van der Waals surface area contributed by atoms with Crippen molar-refractivity contribution in [2.45, 2.75) is 39.7 Å². The fraction of sp³-hybridized carbons (Fsp3) is 0.706. The van der Waals surface area contributed by atoms with E-state index >= 15 is 0 Å². The molecule has 124 valence electrons. The Kier molecular flexibility index (Phi) is 5.64. The number of piperazine rings is 1. The molecule has 1 N–H and O–H groups in total. The van der Waals surface area contributed by atoms with Crippen molar-refractivity contribution in [3.63, 3.8) is 0 Å². The number of amides is 1. The van der Waals surface area contributed by atoms with E-state index in [1.165, 1.54) is 0 Å². The molecule has 0 aliphatic carbocycles. The monoisotopic (exact) mass is 308 g/mol. The van der Waals surface area contributed by atoms with E-state index in [0.29, 0.717) is 19.4 Å². The lowest BCUT2D eigenvalue weighted by atomic mass is 9.89. The molecule has 5 nitrogen and oxygen atoms in total.